The van der Waals surface area contributed by atoms with Gasteiger partial charge in [-0.25, -0.2) is 0 Å². The molecule has 2 atom stereocenters. The van der Waals surface area contributed by atoms with Crippen LogP contribution in [0.25, 0.3) is 0 Å². The highest BCUT2D eigenvalue weighted by atomic mass is 16.3. The van der Waals surface area contributed by atoms with E-state index in [0.717, 1.165) is 6.42 Å². The molecule has 84 valence electrons. The van der Waals surface area contributed by atoms with Crippen LogP contribution in [0.2, 0.25) is 0 Å². The van der Waals surface area contributed by atoms with Gasteiger partial charge >= 0.3 is 0 Å². The zero-order valence-corrected chi connectivity index (χ0v) is 9.34. The Balaban J connectivity index is 3.87. The maximum atomic E-state index is 11.3. The van der Waals surface area contributed by atoms with Crippen LogP contribution < -0.4 is 11.1 Å². The average Bonchev–Trinajstić information content (AvgIpc) is 2.13. The molecule has 1 amide bonds. The van der Waals surface area contributed by atoms with E-state index in [1.165, 1.54) is 0 Å². The Bertz CT molecular complexity index is 181. The second kappa shape index (κ2) is 5.98. The Morgan fingerprint density at radius 2 is 2.14 bits per heavy atom. The van der Waals surface area contributed by atoms with Crippen LogP contribution in [-0.4, -0.2) is 29.2 Å². The Kier molecular flexibility index (Phi) is 5.72. The number of carbonyl (C=O) groups excluding carboxylic acids is 1. The number of nitrogens with one attached hydrogen (secondary N) is 1. The molecule has 0 aliphatic heterocycles. The Labute approximate surface area is 85.9 Å². The topological polar surface area (TPSA) is 75.3 Å². The van der Waals surface area contributed by atoms with E-state index in [9.17, 15) is 9.90 Å². The lowest BCUT2D eigenvalue weighted by atomic mass is 10.0. The van der Waals surface area contributed by atoms with Gasteiger partial charge in [0.15, 0.2) is 0 Å². The van der Waals surface area contributed by atoms with Crippen molar-refractivity contribution in [3.8, 4) is 0 Å². The van der Waals surface area contributed by atoms with Crippen LogP contribution in [0.3, 0.4) is 0 Å². The highest BCUT2D eigenvalue weighted by molar-refractivity contribution is 5.81. The van der Waals surface area contributed by atoms with E-state index in [1.807, 2.05) is 13.8 Å². The summed E-state index contributed by atoms with van der Waals surface area (Å²) in [5.41, 5.74) is 4.70. The highest BCUT2D eigenvalue weighted by Gasteiger charge is 2.21. The summed E-state index contributed by atoms with van der Waals surface area (Å²) in [6, 6.07) is -0.465. The van der Waals surface area contributed by atoms with E-state index in [0.29, 0.717) is 12.8 Å². The lowest BCUT2D eigenvalue weighted by molar-refractivity contribution is -0.123. The van der Waals surface area contributed by atoms with E-state index < -0.39 is 11.6 Å². The average molecular weight is 202 g/mol. The summed E-state index contributed by atoms with van der Waals surface area (Å²) in [5.74, 6) is -0.191. The molecule has 4 nitrogen and oxygen atoms in total. The first kappa shape index (κ1) is 13.4. The zero-order valence-electron chi connectivity index (χ0n) is 9.34. The number of hydrogen-bond donors (Lipinski definition) is 3. The largest absolute Gasteiger partial charge is 0.388 e. The van der Waals surface area contributed by atoms with Gasteiger partial charge in [-0.1, -0.05) is 20.3 Å². The van der Waals surface area contributed by atoms with Crippen molar-refractivity contribution in [1.82, 2.24) is 5.32 Å². The lowest BCUT2D eigenvalue weighted by Gasteiger charge is -2.23. The van der Waals surface area contributed by atoms with Gasteiger partial charge in [0, 0.05) is 6.54 Å². The van der Waals surface area contributed by atoms with E-state index in [-0.39, 0.29) is 12.5 Å². The molecule has 0 saturated heterocycles. The predicted molar refractivity (Wildman–Crippen MR) is 56.8 cm³/mol. The van der Waals surface area contributed by atoms with Gasteiger partial charge in [0.1, 0.15) is 0 Å². The zero-order chi connectivity index (χ0) is 11.2. The Morgan fingerprint density at radius 3 is 2.57 bits per heavy atom. The van der Waals surface area contributed by atoms with Gasteiger partial charge in [0.25, 0.3) is 0 Å². The molecule has 0 spiro atoms. The summed E-state index contributed by atoms with van der Waals surface area (Å²) in [6.07, 6.45) is 2.18. The SMILES string of the molecule is CCCC(C)(O)CNC(=O)[C@H](N)CC. The number of amides is 1. The maximum Gasteiger partial charge on any atom is 0.237 e. The summed E-state index contributed by atoms with van der Waals surface area (Å²) < 4.78 is 0. The molecule has 0 aliphatic carbocycles. The molecular weight excluding hydrogens is 180 g/mol. The minimum atomic E-state index is -0.822. The van der Waals surface area contributed by atoms with Crippen LogP contribution in [0.4, 0.5) is 0 Å². The second-order valence-electron chi connectivity index (χ2n) is 3.98. The molecule has 0 rings (SSSR count). The third-order valence-electron chi connectivity index (χ3n) is 2.21. The summed E-state index contributed by atoms with van der Waals surface area (Å²) in [4.78, 5) is 11.3. The first-order valence-corrected chi connectivity index (χ1v) is 5.18. The van der Waals surface area contributed by atoms with Crippen molar-refractivity contribution in [2.24, 2.45) is 5.73 Å². The van der Waals surface area contributed by atoms with Crippen LogP contribution >= 0.6 is 0 Å². The summed E-state index contributed by atoms with van der Waals surface area (Å²) in [5, 5.41) is 12.4. The fourth-order valence-electron chi connectivity index (χ4n) is 1.22. The molecule has 1 unspecified atom stereocenters. The molecule has 0 saturated carbocycles. The molecule has 0 bridgehead atoms. The minimum Gasteiger partial charge on any atom is -0.388 e. The van der Waals surface area contributed by atoms with Gasteiger partial charge in [-0.3, -0.25) is 4.79 Å². The van der Waals surface area contributed by atoms with Gasteiger partial charge in [-0.2, -0.15) is 0 Å². The number of hydrogen-bond acceptors (Lipinski definition) is 3. The van der Waals surface area contributed by atoms with Gasteiger partial charge in [-0.15, -0.1) is 0 Å². The van der Waals surface area contributed by atoms with Gasteiger partial charge in [0.05, 0.1) is 11.6 Å². The molecule has 4 heteroatoms. The van der Waals surface area contributed by atoms with Crippen LogP contribution in [-0.2, 0) is 4.79 Å². The fraction of sp³-hybridized carbons (Fsp3) is 0.900. The lowest BCUT2D eigenvalue weighted by Crippen LogP contribution is -2.46. The molecule has 0 heterocycles. The molecule has 4 N–H and O–H groups in total. The Hall–Kier alpha value is -0.610. The summed E-state index contributed by atoms with van der Waals surface area (Å²) in [7, 11) is 0. The van der Waals surface area contributed by atoms with Crippen molar-refractivity contribution in [3.63, 3.8) is 0 Å². The maximum absolute atomic E-state index is 11.3. The van der Waals surface area contributed by atoms with Crippen molar-refractivity contribution in [2.75, 3.05) is 6.54 Å². The second-order valence-corrected chi connectivity index (χ2v) is 3.98. The van der Waals surface area contributed by atoms with Gasteiger partial charge in [-0.05, 0) is 19.8 Å². The number of nitrogens with two attached hydrogens (primary N) is 1. The van der Waals surface area contributed by atoms with E-state index in [1.54, 1.807) is 6.92 Å². The smallest absolute Gasteiger partial charge is 0.237 e. The molecule has 0 fully saturated rings. The van der Waals surface area contributed by atoms with Crippen LogP contribution in [0.5, 0.6) is 0 Å². The number of rotatable bonds is 6. The molecule has 0 aromatic carbocycles. The predicted octanol–water partition coefficient (Wildman–Crippen LogP) is 0.391. The van der Waals surface area contributed by atoms with Gasteiger partial charge in [0.2, 0.25) is 5.91 Å². The quantitative estimate of drug-likeness (QED) is 0.583. The molecule has 0 aromatic rings. The van der Waals surface area contributed by atoms with Gasteiger partial charge < -0.3 is 16.2 Å². The molecular formula is C10H22N2O2. The van der Waals surface area contributed by atoms with Crippen molar-refractivity contribution >= 4 is 5.91 Å². The third kappa shape index (κ3) is 5.19. The number of aliphatic hydroxyl groups is 1. The van der Waals surface area contributed by atoms with E-state index in [4.69, 9.17) is 5.73 Å². The van der Waals surface area contributed by atoms with E-state index in [2.05, 4.69) is 5.32 Å². The summed E-state index contributed by atoms with van der Waals surface area (Å²) >= 11 is 0. The first-order chi connectivity index (χ1) is 6.43. The highest BCUT2D eigenvalue weighted by Crippen LogP contribution is 2.09. The van der Waals surface area contributed by atoms with Crippen LogP contribution in [0.1, 0.15) is 40.0 Å². The first-order valence-electron chi connectivity index (χ1n) is 5.18. The molecule has 14 heavy (non-hydrogen) atoms. The summed E-state index contributed by atoms with van der Waals surface area (Å²) in [6.45, 7) is 5.84. The minimum absolute atomic E-state index is 0.191. The molecule has 0 radical (unpaired) electrons. The Morgan fingerprint density at radius 1 is 1.57 bits per heavy atom. The fourth-order valence-corrected chi connectivity index (χ4v) is 1.22. The van der Waals surface area contributed by atoms with Crippen molar-refractivity contribution < 1.29 is 9.90 Å². The van der Waals surface area contributed by atoms with Crippen molar-refractivity contribution in [2.45, 2.75) is 51.7 Å². The third-order valence-corrected chi connectivity index (χ3v) is 2.21. The van der Waals surface area contributed by atoms with E-state index >= 15 is 0 Å². The van der Waals surface area contributed by atoms with Crippen LogP contribution in [0, 0.1) is 0 Å². The normalized spacial score (nSPS) is 17.2. The van der Waals surface area contributed by atoms with Crippen LogP contribution in [0.15, 0.2) is 0 Å². The molecule has 0 aliphatic rings. The monoisotopic (exact) mass is 202 g/mol. The van der Waals surface area contributed by atoms with Crippen molar-refractivity contribution in [3.05, 3.63) is 0 Å². The number of carbonyl (C=O) groups is 1. The molecule has 0 aromatic heterocycles. The standard InChI is InChI=1S/C10H22N2O2/c1-4-6-10(3,14)7-12-9(13)8(11)5-2/h8,14H,4-7,11H2,1-3H3,(H,12,13)/t8-,10?/m1/s1. The van der Waals surface area contributed by atoms with Crippen molar-refractivity contribution in [1.29, 1.82) is 0 Å².